The van der Waals surface area contributed by atoms with Gasteiger partial charge in [-0.1, -0.05) is 0 Å². The largest absolute Gasteiger partial charge is 0.442 e. The number of aromatic nitrogens is 4. The first-order valence-electron chi connectivity index (χ1n) is 6.18. The molecule has 104 valence electrons. The molecule has 3 rings (SSSR count). The molecule has 0 unspecified atom stereocenters. The molecule has 3 heterocycles. The van der Waals surface area contributed by atoms with Crippen LogP contribution in [0.25, 0.3) is 22.7 Å². The van der Waals surface area contributed by atoms with E-state index in [1.165, 1.54) is 19.5 Å². The van der Waals surface area contributed by atoms with Gasteiger partial charge >= 0.3 is 0 Å². The smallest absolute Gasteiger partial charge is 0.222 e. The number of carbonyl (C=O) groups excluding carboxylic acids is 1. The molecule has 0 saturated carbocycles. The maximum Gasteiger partial charge on any atom is 0.222 e. The summed E-state index contributed by atoms with van der Waals surface area (Å²) in [5.74, 6) is 0.609. The molecule has 1 amide bonds. The summed E-state index contributed by atoms with van der Waals surface area (Å²) in [6.45, 7) is 1.41. The van der Waals surface area contributed by atoms with E-state index in [-0.39, 0.29) is 5.91 Å². The molecule has 7 nitrogen and oxygen atoms in total. The Hall–Kier alpha value is -3.09. The fraction of sp³-hybridized carbons (Fsp3) is 0.0714. The SMILES string of the molecule is CC(=O)Nc1cnc(-c2ccncc2)c(-c2cnco2)n1. The lowest BCUT2D eigenvalue weighted by Crippen LogP contribution is -2.08. The lowest BCUT2D eigenvalue weighted by atomic mass is 10.1. The Morgan fingerprint density at radius 2 is 1.95 bits per heavy atom. The zero-order chi connectivity index (χ0) is 14.7. The van der Waals surface area contributed by atoms with Gasteiger partial charge in [-0.3, -0.25) is 9.78 Å². The molecule has 0 fully saturated rings. The number of nitrogens with one attached hydrogen (secondary N) is 1. The van der Waals surface area contributed by atoms with Gasteiger partial charge in [-0.25, -0.2) is 15.0 Å². The van der Waals surface area contributed by atoms with Crippen molar-refractivity contribution in [2.24, 2.45) is 0 Å². The number of oxazole rings is 1. The van der Waals surface area contributed by atoms with Gasteiger partial charge in [0.25, 0.3) is 0 Å². The Morgan fingerprint density at radius 3 is 2.62 bits per heavy atom. The summed E-state index contributed by atoms with van der Waals surface area (Å²) < 4.78 is 5.30. The van der Waals surface area contributed by atoms with E-state index in [2.05, 4.69) is 25.3 Å². The van der Waals surface area contributed by atoms with Crippen molar-refractivity contribution in [1.29, 1.82) is 0 Å². The second-order valence-corrected chi connectivity index (χ2v) is 4.24. The van der Waals surface area contributed by atoms with Gasteiger partial charge in [0.15, 0.2) is 18.0 Å². The van der Waals surface area contributed by atoms with Crippen LogP contribution in [0.3, 0.4) is 0 Å². The number of pyridine rings is 1. The molecule has 0 atom stereocenters. The number of hydrogen-bond acceptors (Lipinski definition) is 6. The molecular formula is C14H11N5O2. The average Bonchev–Trinajstić information content (AvgIpc) is 3.01. The minimum atomic E-state index is -0.218. The number of rotatable bonds is 3. The summed E-state index contributed by atoms with van der Waals surface area (Å²) >= 11 is 0. The van der Waals surface area contributed by atoms with Gasteiger partial charge < -0.3 is 9.73 Å². The van der Waals surface area contributed by atoms with Crippen LogP contribution in [0, 0.1) is 0 Å². The molecule has 1 N–H and O–H groups in total. The second kappa shape index (κ2) is 5.49. The van der Waals surface area contributed by atoms with E-state index in [1.54, 1.807) is 18.6 Å². The van der Waals surface area contributed by atoms with Crippen LogP contribution in [0.5, 0.6) is 0 Å². The van der Waals surface area contributed by atoms with Crippen molar-refractivity contribution in [3.8, 4) is 22.7 Å². The van der Waals surface area contributed by atoms with Crippen LogP contribution in [-0.4, -0.2) is 25.8 Å². The highest BCUT2D eigenvalue weighted by atomic mass is 16.3. The minimum absolute atomic E-state index is 0.218. The van der Waals surface area contributed by atoms with Crippen molar-refractivity contribution >= 4 is 11.7 Å². The highest BCUT2D eigenvalue weighted by Crippen LogP contribution is 2.29. The van der Waals surface area contributed by atoms with E-state index in [0.29, 0.717) is 23.0 Å². The van der Waals surface area contributed by atoms with Gasteiger partial charge in [0.05, 0.1) is 12.4 Å². The van der Waals surface area contributed by atoms with E-state index in [0.717, 1.165) is 5.56 Å². The van der Waals surface area contributed by atoms with Crippen molar-refractivity contribution in [3.05, 3.63) is 43.3 Å². The Balaban J connectivity index is 2.14. The summed E-state index contributed by atoms with van der Waals surface area (Å²) in [6.07, 6.45) is 7.70. The highest BCUT2D eigenvalue weighted by molar-refractivity contribution is 5.88. The topological polar surface area (TPSA) is 93.8 Å². The van der Waals surface area contributed by atoms with Crippen molar-refractivity contribution in [3.63, 3.8) is 0 Å². The van der Waals surface area contributed by atoms with E-state index in [1.807, 2.05) is 12.1 Å². The Kier molecular flexibility index (Phi) is 3.38. The quantitative estimate of drug-likeness (QED) is 0.790. The van der Waals surface area contributed by atoms with Crippen molar-refractivity contribution in [2.45, 2.75) is 6.92 Å². The predicted molar refractivity (Wildman–Crippen MR) is 75.1 cm³/mol. The first-order chi connectivity index (χ1) is 10.2. The van der Waals surface area contributed by atoms with Crippen LogP contribution in [0.2, 0.25) is 0 Å². The lowest BCUT2D eigenvalue weighted by molar-refractivity contribution is -0.114. The van der Waals surface area contributed by atoms with Crippen molar-refractivity contribution in [1.82, 2.24) is 19.9 Å². The second-order valence-electron chi connectivity index (χ2n) is 4.24. The van der Waals surface area contributed by atoms with Crippen LogP contribution in [0.1, 0.15) is 6.92 Å². The van der Waals surface area contributed by atoms with Crippen molar-refractivity contribution < 1.29 is 9.21 Å². The monoisotopic (exact) mass is 281 g/mol. The molecule has 0 aromatic carbocycles. The number of hydrogen-bond donors (Lipinski definition) is 1. The Bertz CT molecular complexity index is 756. The Morgan fingerprint density at radius 1 is 1.14 bits per heavy atom. The molecule has 0 saturated heterocycles. The number of carbonyl (C=O) groups is 1. The van der Waals surface area contributed by atoms with Gasteiger partial charge in [0, 0.05) is 24.9 Å². The van der Waals surface area contributed by atoms with Gasteiger partial charge in [-0.15, -0.1) is 0 Å². The number of anilines is 1. The van der Waals surface area contributed by atoms with E-state index < -0.39 is 0 Å². The van der Waals surface area contributed by atoms with Crippen molar-refractivity contribution in [2.75, 3.05) is 5.32 Å². The molecule has 0 radical (unpaired) electrons. The normalized spacial score (nSPS) is 10.3. The molecule has 0 aliphatic heterocycles. The first-order valence-corrected chi connectivity index (χ1v) is 6.18. The van der Waals surface area contributed by atoms with Gasteiger partial charge in [0.1, 0.15) is 11.4 Å². The summed E-state index contributed by atoms with van der Waals surface area (Å²) in [7, 11) is 0. The number of amides is 1. The minimum Gasteiger partial charge on any atom is -0.442 e. The van der Waals surface area contributed by atoms with Gasteiger partial charge in [0.2, 0.25) is 5.91 Å². The third kappa shape index (κ3) is 2.76. The Labute approximate surface area is 120 Å². The molecular weight excluding hydrogens is 270 g/mol. The molecule has 0 aliphatic carbocycles. The highest BCUT2D eigenvalue weighted by Gasteiger charge is 2.15. The van der Waals surface area contributed by atoms with Gasteiger partial charge in [-0.05, 0) is 12.1 Å². The van der Waals surface area contributed by atoms with Crippen LogP contribution in [0.15, 0.2) is 47.7 Å². The average molecular weight is 281 g/mol. The molecule has 3 aromatic rings. The molecule has 0 spiro atoms. The van der Waals surface area contributed by atoms with E-state index in [4.69, 9.17) is 4.42 Å². The van der Waals surface area contributed by atoms with E-state index >= 15 is 0 Å². The van der Waals surface area contributed by atoms with E-state index in [9.17, 15) is 4.79 Å². The maximum atomic E-state index is 11.1. The summed E-state index contributed by atoms with van der Waals surface area (Å²) in [4.78, 5) is 27.8. The zero-order valence-electron chi connectivity index (χ0n) is 11.1. The molecule has 3 aromatic heterocycles. The third-order valence-corrected chi connectivity index (χ3v) is 2.70. The number of nitrogens with zero attached hydrogens (tertiary/aromatic N) is 4. The third-order valence-electron chi connectivity index (χ3n) is 2.70. The van der Waals surface area contributed by atoms with Gasteiger partial charge in [-0.2, -0.15) is 0 Å². The molecule has 0 bridgehead atoms. The summed E-state index contributed by atoms with van der Waals surface area (Å²) in [5, 5.41) is 2.60. The lowest BCUT2D eigenvalue weighted by Gasteiger charge is -2.08. The standard InChI is InChI=1S/C14H11N5O2/c1-9(20)18-12-7-17-13(10-2-4-15-5-3-10)14(19-12)11-6-16-8-21-11/h2-8H,1H3,(H,18,19,20). The molecule has 21 heavy (non-hydrogen) atoms. The summed E-state index contributed by atoms with van der Waals surface area (Å²) in [5.41, 5.74) is 1.98. The summed E-state index contributed by atoms with van der Waals surface area (Å²) in [6, 6.07) is 3.64. The first kappa shape index (κ1) is 12.9. The van der Waals surface area contributed by atoms with Crippen LogP contribution >= 0.6 is 0 Å². The maximum absolute atomic E-state index is 11.1. The predicted octanol–water partition coefficient (Wildman–Crippen LogP) is 2.15. The van der Waals surface area contributed by atoms with Crippen LogP contribution in [0.4, 0.5) is 5.82 Å². The molecule has 7 heteroatoms. The van der Waals surface area contributed by atoms with Crippen LogP contribution < -0.4 is 5.32 Å². The van der Waals surface area contributed by atoms with Crippen LogP contribution in [-0.2, 0) is 4.79 Å². The fourth-order valence-electron chi connectivity index (χ4n) is 1.86. The zero-order valence-corrected chi connectivity index (χ0v) is 11.1. The fourth-order valence-corrected chi connectivity index (χ4v) is 1.86. The molecule has 0 aliphatic rings.